The van der Waals surface area contributed by atoms with E-state index in [1.165, 1.54) is 82.0 Å². The molecule has 2 heterocycles. The Balaban J connectivity index is 1.03. The molecule has 0 spiro atoms. The molecule has 0 radical (unpaired) electrons. The molecule has 12 aromatic rings. The molecule has 0 saturated heterocycles. The zero-order valence-electron chi connectivity index (χ0n) is 35.4. The van der Waals surface area contributed by atoms with Crippen molar-refractivity contribution < 1.29 is 0 Å². The second kappa shape index (κ2) is 13.9. The highest BCUT2D eigenvalue weighted by atomic mass is 15.0. The molecular weight excluding hydrogens is 777 g/mol. The summed E-state index contributed by atoms with van der Waals surface area (Å²) >= 11 is 0. The fourth-order valence-corrected chi connectivity index (χ4v) is 10.5. The molecule has 0 saturated carbocycles. The molecule has 0 aliphatic heterocycles. The van der Waals surface area contributed by atoms with Crippen LogP contribution in [-0.2, 0) is 5.41 Å². The van der Waals surface area contributed by atoms with Crippen LogP contribution in [0.25, 0.3) is 116 Å². The molecule has 0 bridgehead atoms. The summed E-state index contributed by atoms with van der Waals surface area (Å²) < 4.78 is 2.44. The zero-order valence-corrected chi connectivity index (χ0v) is 35.4. The second-order valence-electron chi connectivity index (χ2n) is 17.6. The lowest BCUT2D eigenvalue weighted by atomic mass is 9.82. The fraction of sp³-hybridized carbons (Fsp3) is 0.0500. The average Bonchev–Trinajstić information content (AvgIpc) is 3.80. The molecule has 10 aromatic carbocycles. The van der Waals surface area contributed by atoms with E-state index in [2.05, 4.69) is 188 Å². The van der Waals surface area contributed by atoms with Crippen molar-refractivity contribution in [2.75, 3.05) is 0 Å². The second-order valence-corrected chi connectivity index (χ2v) is 17.6. The molecule has 1 aliphatic carbocycles. The molecule has 64 heavy (non-hydrogen) atoms. The lowest BCUT2D eigenvalue weighted by molar-refractivity contribution is 0.661. The van der Waals surface area contributed by atoms with Gasteiger partial charge in [-0.1, -0.05) is 178 Å². The first-order valence-corrected chi connectivity index (χ1v) is 22.0. The fourth-order valence-electron chi connectivity index (χ4n) is 10.5. The summed E-state index contributed by atoms with van der Waals surface area (Å²) in [5.74, 6) is 1.92. The summed E-state index contributed by atoms with van der Waals surface area (Å²) in [6, 6.07) is 74.5. The zero-order chi connectivity index (χ0) is 42.5. The summed E-state index contributed by atoms with van der Waals surface area (Å²) in [7, 11) is 0. The van der Waals surface area contributed by atoms with Gasteiger partial charge in [0.25, 0.3) is 0 Å². The normalized spacial score (nSPS) is 13.0. The lowest BCUT2D eigenvalue weighted by Gasteiger charge is -2.21. The topological polar surface area (TPSA) is 43.6 Å². The van der Waals surface area contributed by atoms with Gasteiger partial charge in [0.1, 0.15) is 0 Å². The molecule has 1 aliphatic rings. The molecule has 2 aromatic heterocycles. The van der Waals surface area contributed by atoms with Gasteiger partial charge < -0.3 is 4.57 Å². The van der Waals surface area contributed by atoms with E-state index < -0.39 is 0 Å². The largest absolute Gasteiger partial charge is 0.309 e. The number of fused-ring (bicyclic) bond motifs is 12. The Kier molecular flexibility index (Phi) is 7.92. The molecule has 0 atom stereocenters. The quantitative estimate of drug-likeness (QED) is 0.163. The highest BCUT2D eigenvalue weighted by Gasteiger charge is 2.36. The van der Waals surface area contributed by atoms with Gasteiger partial charge in [0.2, 0.25) is 0 Å². The van der Waals surface area contributed by atoms with Crippen LogP contribution in [0.1, 0.15) is 25.0 Å². The summed E-state index contributed by atoms with van der Waals surface area (Å²) in [6.07, 6.45) is 0. The molecule has 13 rings (SSSR count). The predicted molar refractivity (Wildman–Crippen MR) is 266 cm³/mol. The first kappa shape index (κ1) is 36.4. The number of benzene rings is 10. The Morgan fingerprint density at radius 3 is 1.47 bits per heavy atom. The minimum absolute atomic E-state index is 0.154. The first-order valence-electron chi connectivity index (χ1n) is 22.0. The molecule has 300 valence electrons. The van der Waals surface area contributed by atoms with Gasteiger partial charge in [0.05, 0.1) is 11.0 Å². The van der Waals surface area contributed by atoms with Gasteiger partial charge in [-0.25, -0.2) is 15.0 Å². The van der Waals surface area contributed by atoms with Crippen LogP contribution in [0.2, 0.25) is 0 Å². The van der Waals surface area contributed by atoms with Gasteiger partial charge in [-0.05, 0) is 108 Å². The maximum atomic E-state index is 5.11. The predicted octanol–water partition coefficient (Wildman–Crippen LogP) is 15.4. The van der Waals surface area contributed by atoms with Crippen molar-refractivity contribution in [1.82, 2.24) is 19.5 Å². The van der Waals surface area contributed by atoms with E-state index in [0.717, 1.165) is 27.9 Å². The van der Waals surface area contributed by atoms with E-state index in [9.17, 15) is 0 Å². The highest BCUT2D eigenvalue weighted by molar-refractivity contribution is 6.26. The van der Waals surface area contributed by atoms with Gasteiger partial charge >= 0.3 is 0 Å². The number of hydrogen-bond acceptors (Lipinski definition) is 3. The molecule has 0 fully saturated rings. The monoisotopic (exact) mass is 816 g/mol. The van der Waals surface area contributed by atoms with Crippen molar-refractivity contribution in [3.8, 4) is 62.1 Å². The Bertz CT molecular complexity index is 3770. The number of rotatable bonds is 5. The minimum Gasteiger partial charge on any atom is -0.309 e. The summed E-state index contributed by atoms with van der Waals surface area (Å²) in [6.45, 7) is 4.72. The standard InChI is InChI=1S/C60H40N4/c1-60(2)53-27-14-13-26-48(53)50-35-52-51-34-40(39-28-30-47-45-24-10-9-22-43(45)44-23-11-12-25-46(44)49(47)33-39)29-31-55(51)64(56(52)36-54(50)60)42-21-15-20-41(32-42)59-62-57(37-16-5-3-6-17-37)61-58(63-59)38-18-7-4-8-19-38/h3-36H,1-2H3. The molecule has 0 N–H and O–H groups in total. The van der Waals surface area contributed by atoms with Gasteiger partial charge in [-0.2, -0.15) is 0 Å². The van der Waals surface area contributed by atoms with Crippen LogP contribution in [0.5, 0.6) is 0 Å². The number of aromatic nitrogens is 4. The molecule has 0 unspecified atom stereocenters. The Hall–Kier alpha value is -8.21. The van der Waals surface area contributed by atoms with E-state index >= 15 is 0 Å². The maximum absolute atomic E-state index is 5.11. The molecule has 0 amide bonds. The van der Waals surface area contributed by atoms with Crippen molar-refractivity contribution in [3.63, 3.8) is 0 Å². The third kappa shape index (κ3) is 5.52. The van der Waals surface area contributed by atoms with Gasteiger partial charge in [0.15, 0.2) is 17.5 Å². The van der Waals surface area contributed by atoms with Crippen LogP contribution < -0.4 is 0 Å². The van der Waals surface area contributed by atoms with E-state index in [1.807, 2.05) is 36.4 Å². The van der Waals surface area contributed by atoms with E-state index in [4.69, 9.17) is 15.0 Å². The smallest absolute Gasteiger partial charge is 0.164 e. The van der Waals surface area contributed by atoms with Crippen LogP contribution in [0.3, 0.4) is 0 Å². The van der Waals surface area contributed by atoms with Gasteiger partial charge in [0, 0.05) is 38.6 Å². The van der Waals surface area contributed by atoms with Crippen molar-refractivity contribution in [3.05, 3.63) is 217 Å². The SMILES string of the molecule is CC1(C)c2ccccc2-c2cc3c4cc(-c5ccc6c7ccccc7c7ccccc7c6c5)ccc4n(-c4cccc(-c5nc(-c6ccccc6)nc(-c6ccccc6)n5)c4)c3cc21. The minimum atomic E-state index is -0.154. The summed E-state index contributed by atoms with van der Waals surface area (Å²) in [5, 5.41) is 10.1. The Morgan fingerprint density at radius 1 is 0.312 bits per heavy atom. The lowest BCUT2D eigenvalue weighted by Crippen LogP contribution is -2.14. The van der Waals surface area contributed by atoms with Gasteiger partial charge in [-0.3, -0.25) is 0 Å². The third-order valence-corrected chi connectivity index (χ3v) is 13.6. The van der Waals surface area contributed by atoms with Crippen LogP contribution >= 0.6 is 0 Å². The molecule has 4 nitrogen and oxygen atoms in total. The number of nitrogens with zero attached hydrogens (tertiary/aromatic N) is 4. The van der Waals surface area contributed by atoms with Gasteiger partial charge in [-0.15, -0.1) is 0 Å². The molecule has 4 heteroatoms. The Labute approximate surface area is 370 Å². The van der Waals surface area contributed by atoms with Crippen molar-refractivity contribution >= 4 is 54.1 Å². The summed E-state index contributed by atoms with van der Waals surface area (Å²) in [4.78, 5) is 15.2. The van der Waals surface area contributed by atoms with E-state index in [0.29, 0.717) is 17.5 Å². The maximum Gasteiger partial charge on any atom is 0.164 e. The van der Waals surface area contributed by atoms with Crippen LogP contribution in [0.15, 0.2) is 206 Å². The van der Waals surface area contributed by atoms with Crippen molar-refractivity contribution in [1.29, 1.82) is 0 Å². The summed E-state index contributed by atoms with van der Waals surface area (Å²) in [5.41, 5.74) is 13.7. The average molecular weight is 817 g/mol. The van der Waals surface area contributed by atoms with Crippen LogP contribution in [0, 0.1) is 0 Å². The van der Waals surface area contributed by atoms with E-state index in [-0.39, 0.29) is 5.41 Å². The van der Waals surface area contributed by atoms with Crippen molar-refractivity contribution in [2.45, 2.75) is 19.3 Å². The first-order chi connectivity index (χ1) is 31.5. The Morgan fingerprint density at radius 2 is 0.812 bits per heavy atom. The van der Waals surface area contributed by atoms with Crippen LogP contribution in [-0.4, -0.2) is 19.5 Å². The number of hydrogen-bond donors (Lipinski definition) is 0. The van der Waals surface area contributed by atoms with Crippen LogP contribution in [0.4, 0.5) is 0 Å². The third-order valence-electron chi connectivity index (χ3n) is 13.6. The van der Waals surface area contributed by atoms with E-state index in [1.54, 1.807) is 0 Å². The van der Waals surface area contributed by atoms with Crippen molar-refractivity contribution in [2.24, 2.45) is 0 Å². The molecular formula is C60H40N4. The highest BCUT2D eigenvalue weighted by Crippen LogP contribution is 2.51.